The molecule has 1 amide bonds. The molecule has 2 fully saturated rings. The van der Waals surface area contributed by atoms with Gasteiger partial charge < -0.3 is 15.5 Å². The number of hydrogen-bond donors (Lipinski definition) is 1. The van der Waals surface area contributed by atoms with Gasteiger partial charge in [-0.15, -0.1) is 24.8 Å². The number of halogens is 2. The summed E-state index contributed by atoms with van der Waals surface area (Å²) >= 11 is 0. The fraction of sp³-hybridized carbons (Fsp3) is 0.588. The average molecular weight is 360 g/mol. The Morgan fingerprint density at radius 2 is 1.78 bits per heavy atom. The van der Waals surface area contributed by atoms with Crippen LogP contribution in [0.1, 0.15) is 30.9 Å². The number of nitrogens with two attached hydrogens (primary N) is 1. The van der Waals surface area contributed by atoms with Gasteiger partial charge in [-0.3, -0.25) is 4.79 Å². The summed E-state index contributed by atoms with van der Waals surface area (Å²) in [5.41, 5.74) is 7.03. The Bertz CT molecular complexity index is 480. The molecule has 1 aromatic carbocycles. The average Bonchev–Trinajstić information content (AvgIpc) is 3.19. The van der Waals surface area contributed by atoms with Crippen LogP contribution in [0.3, 0.4) is 0 Å². The third kappa shape index (κ3) is 5.08. The Hall–Kier alpha value is -0.810. The maximum atomic E-state index is 12.5. The van der Waals surface area contributed by atoms with E-state index in [0.29, 0.717) is 5.92 Å². The topological polar surface area (TPSA) is 49.6 Å². The van der Waals surface area contributed by atoms with E-state index >= 15 is 0 Å². The third-order valence-corrected chi connectivity index (χ3v) is 4.74. The van der Waals surface area contributed by atoms with Gasteiger partial charge >= 0.3 is 0 Å². The van der Waals surface area contributed by atoms with E-state index in [1.165, 1.54) is 25.9 Å². The van der Waals surface area contributed by atoms with Crippen molar-refractivity contribution in [2.45, 2.75) is 25.3 Å². The van der Waals surface area contributed by atoms with Gasteiger partial charge in [-0.2, -0.15) is 0 Å². The molecule has 0 spiro atoms. The van der Waals surface area contributed by atoms with Gasteiger partial charge in [-0.05, 0) is 43.8 Å². The number of rotatable bonds is 4. The molecule has 0 radical (unpaired) electrons. The Morgan fingerprint density at radius 1 is 1.13 bits per heavy atom. The van der Waals surface area contributed by atoms with E-state index in [0.717, 1.165) is 31.6 Å². The van der Waals surface area contributed by atoms with Crippen molar-refractivity contribution in [3.63, 3.8) is 0 Å². The molecule has 2 aliphatic heterocycles. The third-order valence-electron chi connectivity index (χ3n) is 4.74. The first-order valence-electron chi connectivity index (χ1n) is 8.05. The fourth-order valence-electron chi connectivity index (χ4n) is 3.51. The Labute approximate surface area is 151 Å². The van der Waals surface area contributed by atoms with Crippen molar-refractivity contribution in [2.75, 3.05) is 32.7 Å². The minimum atomic E-state index is -0.517. The maximum Gasteiger partial charge on any atom is 0.244 e. The highest BCUT2D eigenvalue weighted by Gasteiger charge is 2.31. The molecular weight excluding hydrogens is 333 g/mol. The van der Waals surface area contributed by atoms with Gasteiger partial charge in [0.15, 0.2) is 0 Å². The summed E-state index contributed by atoms with van der Waals surface area (Å²) in [6, 6.07) is 9.16. The minimum absolute atomic E-state index is 0. The van der Waals surface area contributed by atoms with E-state index in [2.05, 4.69) is 4.90 Å². The molecule has 0 aromatic heterocycles. The number of benzene rings is 1. The molecule has 4 nitrogen and oxygen atoms in total. The van der Waals surface area contributed by atoms with Crippen molar-refractivity contribution in [1.82, 2.24) is 9.80 Å². The smallest absolute Gasteiger partial charge is 0.244 e. The fourth-order valence-corrected chi connectivity index (χ4v) is 3.51. The number of hydrogen-bond acceptors (Lipinski definition) is 3. The van der Waals surface area contributed by atoms with E-state index in [4.69, 9.17) is 5.73 Å². The molecule has 6 heteroatoms. The van der Waals surface area contributed by atoms with Gasteiger partial charge in [-0.25, -0.2) is 0 Å². The molecule has 2 unspecified atom stereocenters. The van der Waals surface area contributed by atoms with E-state index in [-0.39, 0.29) is 30.7 Å². The summed E-state index contributed by atoms with van der Waals surface area (Å²) in [6.07, 6.45) is 3.77. The van der Waals surface area contributed by atoms with Crippen LogP contribution in [0.2, 0.25) is 0 Å². The second-order valence-electron chi connectivity index (χ2n) is 6.34. The molecular formula is C17H27Cl2N3O. The zero-order chi connectivity index (χ0) is 14.7. The number of carbonyl (C=O) groups excluding carboxylic acids is 1. The summed E-state index contributed by atoms with van der Waals surface area (Å²) in [7, 11) is 0. The molecule has 2 N–H and O–H groups in total. The largest absolute Gasteiger partial charge is 0.341 e. The minimum Gasteiger partial charge on any atom is -0.341 e. The molecule has 0 bridgehead atoms. The monoisotopic (exact) mass is 359 g/mol. The van der Waals surface area contributed by atoms with Gasteiger partial charge in [0.25, 0.3) is 0 Å². The molecule has 2 saturated heterocycles. The van der Waals surface area contributed by atoms with E-state index in [1.54, 1.807) is 0 Å². The molecule has 130 valence electrons. The number of likely N-dealkylation sites (tertiary alicyclic amines) is 2. The zero-order valence-electron chi connectivity index (χ0n) is 13.4. The molecule has 2 heterocycles. The summed E-state index contributed by atoms with van der Waals surface area (Å²) < 4.78 is 0. The molecule has 23 heavy (non-hydrogen) atoms. The van der Waals surface area contributed by atoms with E-state index in [1.807, 2.05) is 35.2 Å². The van der Waals surface area contributed by atoms with Crippen LogP contribution in [-0.2, 0) is 4.79 Å². The molecule has 1 aromatic rings. The van der Waals surface area contributed by atoms with Crippen molar-refractivity contribution in [2.24, 2.45) is 11.7 Å². The Kier molecular flexibility index (Phi) is 8.34. The van der Waals surface area contributed by atoms with Crippen molar-refractivity contribution in [1.29, 1.82) is 0 Å². The SMILES string of the molecule is Cl.Cl.NC(C(=O)N1CCC(CN2CCCC2)C1)c1ccccc1. The highest BCUT2D eigenvalue weighted by Crippen LogP contribution is 2.22. The molecule has 0 saturated carbocycles. The van der Waals surface area contributed by atoms with Crippen molar-refractivity contribution in [3.8, 4) is 0 Å². The summed E-state index contributed by atoms with van der Waals surface area (Å²) in [5.74, 6) is 0.695. The van der Waals surface area contributed by atoms with Crippen molar-refractivity contribution < 1.29 is 4.79 Å². The second kappa shape index (κ2) is 9.48. The summed E-state index contributed by atoms with van der Waals surface area (Å²) in [5, 5.41) is 0. The number of nitrogens with zero attached hydrogens (tertiary/aromatic N) is 2. The van der Waals surface area contributed by atoms with E-state index < -0.39 is 6.04 Å². The van der Waals surface area contributed by atoms with Crippen LogP contribution in [0, 0.1) is 5.92 Å². The highest BCUT2D eigenvalue weighted by molar-refractivity contribution is 5.85. The molecule has 0 aliphatic carbocycles. The lowest BCUT2D eigenvalue weighted by molar-refractivity contribution is -0.131. The van der Waals surface area contributed by atoms with Crippen LogP contribution < -0.4 is 5.73 Å². The number of carbonyl (C=O) groups is 1. The highest BCUT2D eigenvalue weighted by atomic mass is 35.5. The lowest BCUT2D eigenvalue weighted by atomic mass is 10.1. The van der Waals surface area contributed by atoms with Gasteiger partial charge in [0.2, 0.25) is 5.91 Å². The normalized spacial score (nSPS) is 22.3. The quantitative estimate of drug-likeness (QED) is 0.898. The lowest BCUT2D eigenvalue weighted by Crippen LogP contribution is -2.38. The molecule has 2 aliphatic rings. The first-order chi connectivity index (χ1) is 10.2. The van der Waals surface area contributed by atoms with Gasteiger partial charge in [0.05, 0.1) is 0 Å². The van der Waals surface area contributed by atoms with Crippen LogP contribution in [0.15, 0.2) is 30.3 Å². The maximum absolute atomic E-state index is 12.5. The van der Waals surface area contributed by atoms with Crippen LogP contribution in [0.5, 0.6) is 0 Å². The van der Waals surface area contributed by atoms with Crippen LogP contribution in [-0.4, -0.2) is 48.4 Å². The summed E-state index contributed by atoms with van der Waals surface area (Å²) in [6.45, 7) is 5.33. The zero-order valence-corrected chi connectivity index (χ0v) is 15.0. The van der Waals surface area contributed by atoms with Crippen LogP contribution in [0.4, 0.5) is 0 Å². The van der Waals surface area contributed by atoms with Crippen molar-refractivity contribution >= 4 is 30.7 Å². The first-order valence-corrected chi connectivity index (χ1v) is 8.05. The van der Waals surface area contributed by atoms with Gasteiger partial charge in [-0.1, -0.05) is 30.3 Å². The van der Waals surface area contributed by atoms with Crippen LogP contribution in [0.25, 0.3) is 0 Å². The molecule has 3 rings (SSSR count). The number of amides is 1. The predicted octanol–water partition coefficient (Wildman–Crippen LogP) is 2.47. The van der Waals surface area contributed by atoms with Crippen molar-refractivity contribution in [3.05, 3.63) is 35.9 Å². The second-order valence-corrected chi connectivity index (χ2v) is 6.34. The van der Waals surface area contributed by atoms with E-state index in [9.17, 15) is 4.79 Å². The summed E-state index contributed by atoms with van der Waals surface area (Å²) in [4.78, 5) is 17.0. The predicted molar refractivity (Wildman–Crippen MR) is 98.2 cm³/mol. The molecule has 2 atom stereocenters. The standard InChI is InChI=1S/C17H25N3O.2ClH/c18-16(15-6-2-1-3-7-15)17(21)20-11-8-14(13-20)12-19-9-4-5-10-19;;/h1-3,6-7,14,16H,4-5,8-13,18H2;2*1H. The van der Waals surface area contributed by atoms with Gasteiger partial charge in [0, 0.05) is 19.6 Å². The first kappa shape index (κ1) is 20.2. The van der Waals surface area contributed by atoms with Crippen LogP contribution >= 0.6 is 24.8 Å². The van der Waals surface area contributed by atoms with Gasteiger partial charge in [0.1, 0.15) is 6.04 Å². The Balaban J connectivity index is 0.00000132. The Morgan fingerprint density at radius 3 is 2.43 bits per heavy atom. The lowest BCUT2D eigenvalue weighted by Gasteiger charge is -2.23.